The summed E-state index contributed by atoms with van der Waals surface area (Å²) >= 11 is 0. The minimum absolute atomic E-state index is 0.0764. The summed E-state index contributed by atoms with van der Waals surface area (Å²) in [4.78, 5) is 11.7. The lowest BCUT2D eigenvalue weighted by molar-refractivity contribution is -0.120. The third-order valence-corrected chi connectivity index (χ3v) is 3.75. The molecule has 1 atom stereocenters. The van der Waals surface area contributed by atoms with Gasteiger partial charge in [-0.3, -0.25) is 4.79 Å². The first-order valence-electron chi connectivity index (χ1n) is 7.41. The molecule has 1 aromatic rings. The maximum absolute atomic E-state index is 11.7. The predicted molar refractivity (Wildman–Crippen MR) is 80.0 cm³/mol. The predicted octanol–water partition coefficient (Wildman–Crippen LogP) is 2.19. The number of carbonyl (C=O) groups excluding carboxylic acids is 1. The van der Waals surface area contributed by atoms with Crippen molar-refractivity contribution in [2.75, 3.05) is 20.2 Å². The Morgan fingerprint density at radius 1 is 1.45 bits per heavy atom. The molecular weight excluding hydrogens is 252 g/mol. The summed E-state index contributed by atoms with van der Waals surface area (Å²) in [6.07, 6.45) is 4.29. The van der Waals surface area contributed by atoms with Crippen molar-refractivity contribution in [3.63, 3.8) is 0 Å². The first-order valence-corrected chi connectivity index (χ1v) is 7.41. The summed E-state index contributed by atoms with van der Waals surface area (Å²) in [5.41, 5.74) is 2.64. The topological polar surface area (TPSA) is 50.4 Å². The Morgan fingerprint density at radius 2 is 2.30 bits per heavy atom. The Hall–Kier alpha value is -1.55. The molecule has 1 aromatic carbocycles. The minimum atomic E-state index is 0.0764. The van der Waals surface area contributed by atoms with E-state index in [2.05, 4.69) is 29.7 Å². The lowest BCUT2D eigenvalue weighted by Gasteiger charge is -2.26. The van der Waals surface area contributed by atoms with E-state index in [9.17, 15) is 4.79 Å². The lowest BCUT2D eigenvalue weighted by atomic mass is 9.87. The maximum atomic E-state index is 11.7. The number of nitrogens with one attached hydrogen (secondary N) is 2. The van der Waals surface area contributed by atoms with Gasteiger partial charge in [-0.15, -0.1) is 0 Å². The van der Waals surface area contributed by atoms with Crippen LogP contribution in [-0.2, 0) is 11.2 Å². The van der Waals surface area contributed by atoms with Gasteiger partial charge < -0.3 is 15.4 Å². The molecule has 2 rings (SSSR count). The molecule has 0 bridgehead atoms. The van der Waals surface area contributed by atoms with Gasteiger partial charge in [0.2, 0.25) is 5.91 Å². The zero-order chi connectivity index (χ0) is 14.4. The molecule has 0 fully saturated rings. The van der Waals surface area contributed by atoms with Crippen LogP contribution in [0, 0.1) is 0 Å². The van der Waals surface area contributed by atoms with E-state index in [1.165, 1.54) is 11.1 Å². The van der Waals surface area contributed by atoms with Crippen molar-refractivity contribution in [2.45, 2.75) is 38.6 Å². The van der Waals surface area contributed by atoms with E-state index in [1.54, 1.807) is 7.11 Å². The van der Waals surface area contributed by atoms with E-state index < -0.39 is 0 Å². The number of hydrogen-bond donors (Lipinski definition) is 2. The highest BCUT2D eigenvalue weighted by Gasteiger charge is 2.20. The van der Waals surface area contributed by atoms with Crippen LogP contribution in [-0.4, -0.2) is 26.1 Å². The molecule has 0 aromatic heterocycles. The summed E-state index contributed by atoms with van der Waals surface area (Å²) in [7, 11) is 1.69. The van der Waals surface area contributed by atoms with Crippen LogP contribution in [0.15, 0.2) is 18.2 Å². The molecule has 4 heteroatoms. The molecule has 2 N–H and O–H groups in total. The number of methoxy groups -OCH3 is 1. The van der Waals surface area contributed by atoms with Crippen LogP contribution in [0.25, 0.3) is 0 Å². The third kappa shape index (κ3) is 3.73. The van der Waals surface area contributed by atoms with E-state index in [-0.39, 0.29) is 11.9 Å². The monoisotopic (exact) mass is 276 g/mol. The van der Waals surface area contributed by atoms with Gasteiger partial charge in [-0.25, -0.2) is 0 Å². The first kappa shape index (κ1) is 14.9. The van der Waals surface area contributed by atoms with Gasteiger partial charge in [0.25, 0.3) is 0 Å². The highest BCUT2D eigenvalue weighted by Crippen LogP contribution is 2.31. The van der Waals surface area contributed by atoms with Gasteiger partial charge in [-0.05, 0) is 48.9 Å². The van der Waals surface area contributed by atoms with Crippen molar-refractivity contribution < 1.29 is 9.53 Å². The van der Waals surface area contributed by atoms with Gasteiger partial charge >= 0.3 is 0 Å². The summed E-state index contributed by atoms with van der Waals surface area (Å²) in [6.45, 7) is 3.19. The molecule has 4 nitrogen and oxygen atoms in total. The third-order valence-electron chi connectivity index (χ3n) is 3.75. The molecule has 0 spiro atoms. The van der Waals surface area contributed by atoms with Crippen LogP contribution in [0.3, 0.4) is 0 Å². The number of amides is 1. The van der Waals surface area contributed by atoms with Crippen molar-refractivity contribution in [2.24, 2.45) is 0 Å². The van der Waals surface area contributed by atoms with E-state index in [4.69, 9.17) is 4.74 Å². The van der Waals surface area contributed by atoms with Gasteiger partial charge in [0.1, 0.15) is 5.75 Å². The molecule has 1 aliphatic rings. The Morgan fingerprint density at radius 3 is 3.05 bits per heavy atom. The van der Waals surface area contributed by atoms with Crippen LogP contribution in [0.5, 0.6) is 5.75 Å². The van der Waals surface area contributed by atoms with Gasteiger partial charge in [0.05, 0.1) is 13.7 Å². The largest absolute Gasteiger partial charge is 0.497 e. The molecule has 0 heterocycles. The summed E-state index contributed by atoms with van der Waals surface area (Å²) in [5, 5.41) is 6.26. The fourth-order valence-electron chi connectivity index (χ4n) is 2.67. The highest BCUT2D eigenvalue weighted by atomic mass is 16.5. The van der Waals surface area contributed by atoms with E-state index in [0.29, 0.717) is 6.54 Å². The second-order valence-corrected chi connectivity index (χ2v) is 5.24. The molecule has 1 aliphatic carbocycles. The standard InChI is InChI=1S/C16H24N2O2/c1-3-9-17-16(19)11-18-15-6-4-5-12-10-13(20-2)7-8-14(12)15/h7-8,10,15,18H,3-6,9,11H2,1-2H3,(H,17,19). The fraction of sp³-hybridized carbons (Fsp3) is 0.562. The number of ether oxygens (including phenoxy) is 1. The van der Waals surface area contributed by atoms with Crippen molar-refractivity contribution in [3.05, 3.63) is 29.3 Å². The van der Waals surface area contributed by atoms with Crippen molar-refractivity contribution in [3.8, 4) is 5.75 Å². The molecule has 0 aliphatic heterocycles. The number of rotatable bonds is 6. The first-order chi connectivity index (χ1) is 9.74. The van der Waals surface area contributed by atoms with Crippen LogP contribution in [0.2, 0.25) is 0 Å². The highest BCUT2D eigenvalue weighted by molar-refractivity contribution is 5.78. The Bertz CT molecular complexity index is 460. The maximum Gasteiger partial charge on any atom is 0.233 e. The minimum Gasteiger partial charge on any atom is -0.497 e. The van der Waals surface area contributed by atoms with Crippen LogP contribution >= 0.6 is 0 Å². The van der Waals surface area contributed by atoms with E-state index >= 15 is 0 Å². The quantitative estimate of drug-likeness (QED) is 0.837. The fourth-order valence-corrected chi connectivity index (χ4v) is 2.67. The van der Waals surface area contributed by atoms with Crippen molar-refractivity contribution in [1.29, 1.82) is 0 Å². The number of aryl methyl sites for hydroxylation is 1. The summed E-state index contributed by atoms with van der Waals surface area (Å²) < 4.78 is 5.27. The molecular formula is C16H24N2O2. The summed E-state index contributed by atoms with van der Waals surface area (Å²) in [5.74, 6) is 0.984. The van der Waals surface area contributed by atoms with Crippen LogP contribution in [0.4, 0.5) is 0 Å². The molecule has 1 amide bonds. The zero-order valence-corrected chi connectivity index (χ0v) is 12.4. The van der Waals surface area contributed by atoms with E-state index in [1.807, 2.05) is 6.07 Å². The average Bonchev–Trinajstić information content (AvgIpc) is 2.50. The van der Waals surface area contributed by atoms with Gasteiger partial charge in [0.15, 0.2) is 0 Å². The van der Waals surface area contributed by atoms with E-state index in [0.717, 1.165) is 38.0 Å². The number of hydrogen-bond acceptors (Lipinski definition) is 3. The van der Waals surface area contributed by atoms with Gasteiger partial charge in [-0.1, -0.05) is 13.0 Å². The Kier molecular flexibility index (Phi) is 5.41. The molecule has 0 saturated heterocycles. The molecule has 20 heavy (non-hydrogen) atoms. The number of benzene rings is 1. The Balaban J connectivity index is 1.96. The second-order valence-electron chi connectivity index (χ2n) is 5.24. The molecule has 110 valence electrons. The molecule has 0 saturated carbocycles. The smallest absolute Gasteiger partial charge is 0.233 e. The van der Waals surface area contributed by atoms with Crippen LogP contribution < -0.4 is 15.4 Å². The molecule has 0 radical (unpaired) electrons. The lowest BCUT2D eigenvalue weighted by Crippen LogP contribution is -2.37. The normalized spacial score (nSPS) is 17.4. The number of carbonyl (C=O) groups is 1. The zero-order valence-electron chi connectivity index (χ0n) is 12.4. The van der Waals surface area contributed by atoms with Crippen LogP contribution in [0.1, 0.15) is 43.4 Å². The Labute approximate surface area is 120 Å². The van der Waals surface area contributed by atoms with Crippen molar-refractivity contribution >= 4 is 5.91 Å². The SMILES string of the molecule is CCCNC(=O)CNC1CCCc2cc(OC)ccc21. The summed E-state index contributed by atoms with van der Waals surface area (Å²) in [6, 6.07) is 6.50. The molecule has 1 unspecified atom stereocenters. The van der Waals surface area contributed by atoms with Gasteiger partial charge in [0, 0.05) is 12.6 Å². The second kappa shape index (κ2) is 7.29. The van der Waals surface area contributed by atoms with Gasteiger partial charge in [-0.2, -0.15) is 0 Å². The van der Waals surface area contributed by atoms with Crippen molar-refractivity contribution in [1.82, 2.24) is 10.6 Å². The average molecular weight is 276 g/mol. The number of fused-ring (bicyclic) bond motifs is 1.